The number of carbonyl (C=O) groups excluding carboxylic acids is 2. The van der Waals surface area contributed by atoms with E-state index in [9.17, 15) is 9.59 Å². The zero-order valence-corrected chi connectivity index (χ0v) is 16.9. The highest BCUT2D eigenvalue weighted by Crippen LogP contribution is 2.19. The maximum Gasteiger partial charge on any atom is 0.255 e. The summed E-state index contributed by atoms with van der Waals surface area (Å²) in [6.07, 6.45) is 3.08. The van der Waals surface area contributed by atoms with Crippen molar-refractivity contribution in [2.45, 2.75) is 20.8 Å². The molecule has 1 saturated heterocycles. The maximum absolute atomic E-state index is 12.9. The van der Waals surface area contributed by atoms with E-state index in [1.807, 2.05) is 18.7 Å². The lowest BCUT2D eigenvalue weighted by molar-refractivity contribution is 0.0746. The van der Waals surface area contributed by atoms with E-state index in [2.05, 4.69) is 41.1 Å². The molecule has 2 amide bonds. The van der Waals surface area contributed by atoms with Crippen molar-refractivity contribution in [2.24, 2.45) is 0 Å². The molecule has 1 aliphatic heterocycles. The summed E-state index contributed by atoms with van der Waals surface area (Å²) < 4.78 is 0. The Morgan fingerprint density at radius 3 is 2.32 bits per heavy atom. The van der Waals surface area contributed by atoms with Gasteiger partial charge in [-0.15, -0.1) is 0 Å². The summed E-state index contributed by atoms with van der Waals surface area (Å²) in [5.41, 5.74) is 3.37. The molecule has 1 aliphatic rings. The topological polar surface area (TPSA) is 56.8 Å². The number of aromatic nitrogens is 1. The second kappa shape index (κ2) is 8.87. The van der Waals surface area contributed by atoms with Crippen LogP contribution in [0.4, 0.5) is 5.69 Å². The molecule has 0 spiro atoms. The third kappa shape index (κ3) is 4.32. The second-order valence-electron chi connectivity index (χ2n) is 7.06. The molecule has 6 nitrogen and oxygen atoms in total. The molecule has 0 aliphatic carbocycles. The van der Waals surface area contributed by atoms with Crippen molar-refractivity contribution < 1.29 is 9.59 Å². The quantitative estimate of drug-likeness (QED) is 0.800. The lowest BCUT2D eigenvalue weighted by Gasteiger charge is -2.36. The Morgan fingerprint density at radius 1 is 1.00 bits per heavy atom. The molecule has 148 valence electrons. The summed E-state index contributed by atoms with van der Waals surface area (Å²) in [6.45, 7) is 10.1. The first-order chi connectivity index (χ1) is 13.5. The van der Waals surface area contributed by atoms with Gasteiger partial charge in [0, 0.05) is 57.3 Å². The van der Waals surface area contributed by atoms with Gasteiger partial charge in [-0.3, -0.25) is 14.6 Å². The zero-order valence-electron chi connectivity index (χ0n) is 16.9. The van der Waals surface area contributed by atoms with Gasteiger partial charge in [0.1, 0.15) is 0 Å². The number of hydrogen-bond acceptors (Lipinski definition) is 4. The van der Waals surface area contributed by atoms with Crippen molar-refractivity contribution in [3.63, 3.8) is 0 Å². The highest BCUT2D eigenvalue weighted by atomic mass is 16.2. The molecule has 1 aromatic heterocycles. The van der Waals surface area contributed by atoms with Crippen LogP contribution in [0.2, 0.25) is 0 Å². The number of aryl methyl sites for hydroxylation is 1. The van der Waals surface area contributed by atoms with Crippen LogP contribution >= 0.6 is 0 Å². The molecule has 0 unspecified atom stereocenters. The van der Waals surface area contributed by atoms with Crippen LogP contribution < -0.4 is 4.90 Å². The maximum atomic E-state index is 12.9. The summed E-state index contributed by atoms with van der Waals surface area (Å²) in [6, 6.07) is 10.1. The fraction of sp³-hybridized carbons (Fsp3) is 0.409. The summed E-state index contributed by atoms with van der Waals surface area (Å²) in [4.78, 5) is 35.5. The van der Waals surface area contributed by atoms with E-state index in [0.717, 1.165) is 13.1 Å². The molecular weight excluding hydrogens is 352 g/mol. The van der Waals surface area contributed by atoms with E-state index in [4.69, 9.17) is 0 Å². The number of pyridine rings is 1. The summed E-state index contributed by atoms with van der Waals surface area (Å²) in [5.74, 6) is -0.151. The molecule has 1 fully saturated rings. The van der Waals surface area contributed by atoms with Gasteiger partial charge in [-0.1, -0.05) is 12.1 Å². The van der Waals surface area contributed by atoms with Crippen molar-refractivity contribution in [1.29, 1.82) is 0 Å². The van der Waals surface area contributed by atoms with Crippen LogP contribution in [0, 0.1) is 6.92 Å². The summed E-state index contributed by atoms with van der Waals surface area (Å²) in [7, 11) is 0. The summed E-state index contributed by atoms with van der Waals surface area (Å²) >= 11 is 0. The minimum absolute atomic E-state index is 0.0643. The van der Waals surface area contributed by atoms with Gasteiger partial charge in [-0.2, -0.15) is 0 Å². The molecule has 1 aromatic carbocycles. The first kappa shape index (κ1) is 19.9. The number of piperazine rings is 1. The first-order valence-corrected chi connectivity index (χ1v) is 9.88. The number of hydrogen-bond donors (Lipinski definition) is 0. The lowest BCUT2D eigenvalue weighted by Crippen LogP contribution is -2.48. The van der Waals surface area contributed by atoms with Crippen molar-refractivity contribution in [3.05, 3.63) is 59.4 Å². The van der Waals surface area contributed by atoms with Gasteiger partial charge in [-0.25, -0.2) is 0 Å². The Kier molecular flexibility index (Phi) is 6.29. The number of benzene rings is 1. The normalized spacial score (nSPS) is 14.1. The fourth-order valence-electron chi connectivity index (χ4n) is 3.54. The highest BCUT2D eigenvalue weighted by molar-refractivity contribution is 5.99. The molecular formula is C22H28N4O2. The molecule has 0 atom stereocenters. The van der Waals surface area contributed by atoms with Crippen LogP contribution in [-0.4, -0.2) is 65.9 Å². The highest BCUT2D eigenvalue weighted by Gasteiger charge is 2.23. The molecule has 0 N–H and O–H groups in total. The molecule has 2 heterocycles. The van der Waals surface area contributed by atoms with E-state index < -0.39 is 0 Å². The van der Waals surface area contributed by atoms with Gasteiger partial charge in [0.2, 0.25) is 0 Å². The average Bonchev–Trinajstić information content (AvgIpc) is 2.74. The minimum atomic E-state index is -0.0867. The monoisotopic (exact) mass is 380 g/mol. The van der Waals surface area contributed by atoms with Gasteiger partial charge in [0.25, 0.3) is 11.8 Å². The van der Waals surface area contributed by atoms with Crippen LogP contribution in [-0.2, 0) is 0 Å². The number of amides is 2. The number of carbonyl (C=O) groups is 2. The van der Waals surface area contributed by atoms with Crippen LogP contribution in [0.25, 0.3) is 0 Å². The second-order valence-corrected chi connectivity index (χ2v) is 7.06. The Hall–Kier alpha value is -2.89. The molecule has 0 saturated carbocycles. The average molecular weight is 380 g/mol. The van der Waals surface area contributed by atoms with Gasteiger partial charge < -0.3 is 14.7 Å². The standard InChI is InChI=1S/C22H28N4O2/c1-4-24(5-2)21(27)18-14-19(16-23-15-18)22(28)26-11-9-25(10-12-26)20-8-6-7-17(3)13-20/h6-8,13-16H,4-5,9-12H2,1-3H3. The van der Waals surface area contributed by atoms with Crippen molar-refractivity contribution in [1.82, 2.24) is 14.8 Å². The van der Waals surface area contributed by atoms with Crippen molar-refractivity contribution in [2.75, 3.05) is 44.2 Å². The molecule has 6 heteroatoms. The summed E-state index contributed by atoms with van der Waals surface area (Å²) in [5, 5.41) is 0. The van der Waals surface area contributed by atoms with Crippen LogP contribution in [0.3, 0.4) is 0 Å². The van der Waals surface area contributed by atoms with E-state index in [1.165, 1.54) is 17.4 Å². The Morgan fingerprint density at radius 2 is 1.68 bits per heavy atom. The van der Waals surface area contributed by atoms with E-state index in [0.29, 0.717) is 37.3 Å². The van der Waals surface area contributed by atoms with Gasteiger partial charge >= 0.3 is 0 Å². The minimum Gasteiger partial charge on any atom is -0.368 e. The fourth-order valence-corrected chi connectivity index (χ4v) is 3.54. The SMILES string of the molecule is CCN(CC)C(=O)c1cncc(C(=O)N2CCN(c3cccc(C)c3)CC2)c1. The molecule has 0 bridgehead atoms. The largest absolute Gasteiger partial charge is 0.368 e. The third-order valence-corrected chi connectivity index (χ3v) is 5.22. The molecule has 2 aromatic rings. The van der Waals surface area contributed by atoms with E-state index >= 15 is 0 Å². The zero-order chi connectivity index (χ0) is 20.1. The van der Waals surface area contributed by atoms with Gasteiger partial charge in [0.15, 0.2) is 0 Å². The molecule has 28 heavy (non-hydrogen) atoms. The van der Waals surface area contributed by atoms with Gasteiger partial charge in [-0.05, 0) is 44.5 Å². The van der Waals surface area contributed by atoms with Gasteiger partial charge in [0.05, 0.1) is 11.1 Å². The predicted octanol–water partition coefficient (Wildman–Crippen LogP) is 2.83. The van der Waals surface area contributed by atoms with Crippen LogP contribution in [0.1, 0.15) is 40.1 Å². The van der Waals surface area contributed by atoms with Crippen molar-refractivity contribution in [3.8, 4) is 0 Å². The third-order valence-electron chi connectivity index (χ3n) is 5.22. The lowest BCUT2D eigenvalue weighted by atomic mass is 10.1. The Balaban J connectivity index is 1.67. The number of anilines is 1. The van der Waals surface area contributed by atoms with E-state index in [-0.39, 0.29) is 11.8 Å². The predicted molar refractivity (Wildman–Crippen MR) is 111 cm³/mol. The Bertz CT molecular complexity index is 840. The molecule has 3 rings (SSSR count). The number of rotatable bonds is 5. The smallest absolute Gasteiger partial charge is 0.255 e. The molecule has 0 radical (unpaired) electrons. The van der Waals surface area contributed by atoms with Crippen LogP contribution in [0.15, 0.2) is 42.7 Å². The Labute approximate surface area is 166 Å². The van der Waals surface area contributed by atoms with Crippen molar-refractivity contribution >= 4 is 17.5 Å². The van der Waals surface area contributed by atoms with E-state index in [1.54, 1.807) is 17.2 Å². The first-order valence-electron chi connectivity index (χ1n) is 9.88. The van der Waals surface area contributed by atoms with Crippen LogP contribution in [0.5, 0.6) is 0 Å². The number of nitrogens with zero attached hydrogens (tertiary/aromatic N) is 4.